The first-order valence-electron chi connectivity index (χ1n) is 7.37. The number of hydrogen-bond acceptors (Lipinski definition) is 4. The maximum absolute atomic E-state index is 12.3. The van der Waals surface area contributed by atoms with Crippen LogP contribution in [0.5, 0.6) is 0 Å². The van der Waals surface area contributed by atoms with Crippen LogP contribution in [0.15, 0.2) is 35.6 Å². The number of aromatic nitrogens is 3. The lowest BCUT2D eigenvalue weighted by molar-refractivity contribution is 0.0661. The Labute approximate surface area is 134 Å². The summed E-state index contributed by atoms with van der Waals surface area (Å²) in [6.45, 7) is 3.20. The Kier molecular flexibility index (Phi) is 3.99. The first kappa shape index (κ1) is 15.8. The second kappa shape index (κ2) is 5.82. The van der Waals surface area contributed by atoms with E-state index in [1.165, 1.54) is 12.4 Å². The van der Waals surface area contributed by atoms with E-state index >= 15 is 0 Å². The summed E-state index contributed by atoms with van der Waals surface area (Å²) in [5.41, 5.74) is 0.621. The van der Waals surface area contributed by atoms with Crippen molar-refractivity contribution in [1.29, 1.82) is 0 Å². The average molecular weight is 337 g/mol. The van der Waals surface area contributed by atoms with Crippen LogP contribution < -0.4 is 4.72 Å². The molecule has 0 bridgehead atoms. The summed E-state index contributed by atoms with van der Waals surface area (Å²) < 4.78 is 30.6. The zero-order chi connectivity index (χ0) is 16.6. The zero-order valence-electron chi connectivity index (χ0n) is 13.0. The van der Waals surface area contributed by atoms with Crippen LogP contribution in [0.4, 0.5) is 0 Å². The normalized spacial score (nSPS) is 18.3. The number of sulfonamides is 1. The summed E-state index contributed by atoms with van der Waals surface area (Å²) in [5, 5.41) is 3.97. The third-order valence-corrected chi connectivity index (χ3v) is 5.46. The smallest absolute Gasteiger partial charge is 0.270 e. The van der Waals surface area contributed by atoms with Crippen LogP contribution in [0, 0.1) is 0 Å². The number of carbonyl (C=O) groups excluding carboxylic acids is 1. The van der Waals surface area contributed by atoms with Gasteiger partial charge in [-0.1, -0.05) is 0 Å². The molecule has 23 heavy (non-hydrogen) atoms. The molecule has 0 aromatic carbocycles. The van der Waals surface area contributed by atoms with Crippen LogP contribution in [0.3, 0.4) is 0 Å². The minimum absolute atomic E-state index is 0.107. The van der Waals surface area contributed by atoms with Gasteiger partial charge in [-0.15, -0.1) is 0 Å². The number of nitrogens with zero attached hydrogens (tertiary/aromatic N) is 4. The Bertz CT molecular complexity index is 823. The molecule has 2 aromatic rings. The molecule has 8 nitrogen and oxygen atoms in total. The van der Waals surface area contributed by atoms with Gasteiger partial charge in [0, 0.05) is 39.1 Å². The van der Waals surface area contributed by atoms with Gasteiger partial charge in [-0.3, -0.25) is 9.48 Å². The van der Waals surface area contributed by atoms with Crippen LogP contribution in [-0.4, -0.2) is 53.2 Å². The standard InChI is InChI=1S/C14H19N5O3S/c1-3-19-10-12(8-15-19)23(21,22)16-7-11-9-18-6-4-5-13(18)14(20)17(11)2/h4-6,8,10-11,16H,3,7,9H2,1-2H3. The van der Waals surface area contributed by atoms with E-state index in [1.54, 1.807) is 22.7 Å². The first-order chi connectivity index (χ1) is 10.9. The van der Waals surface area contributed by atoms with Crippen molar-refractivity contribution in [2.75, 3.05) is 13.6 Å². The Morgan fingerprint density at radius 1 is 1.43 bits per heavy atom. The zero-order valence-corrected chi connectivity index (χ0v) is 13.8. The molecule has 9 heteroatoms. The molecule has 3 heterocycles. The van der Waals surface area contributed by atoms with E-state index in [0.29, 0.717) is 18.8 Å². The van der Waals surface area contributed by atoms with Gasteiger partial charge >= 0.3 is 0 Å². The molecule has 1 amide bonds. The average Bonchev–Trinajstić information content (AvgIpc) is 3.18. The van der Waals surface area contributed by atoms with Gasteiger partial charge < -0.3 is 9.47 Å². The van der Waals surface area contributed by atoms with Crippen LogP contribution in [0.1, 0.15) is 17.4 Å². The lowest BCUT2D eigenvalue weighted by atomic mass is 10.2. The molecule has 0 aliphatic carbocycles. The fourth-order valence-corrected chi connectivity index (χ4v) is 3.64. The van der Waals surface area contributed by atoms with Crippen LogP contribution in [0.2, 0.25) is 0 Å². The Hall–Kier alpha value is -2.13. The highest BCUT2D eigenvalue weighted by molar-refractivity contribution is 7.89. The summed E-state index contributed by atoms with van der Waals surface area (Å²) in [7, 11) is -1.95. The van der Waals surface area contributed by atoms with Crippen LogP contribution >= 0.6 is 0 Å². The summed E-state index contributed by atoms with van der Waals surface area (Å²) >= 11 is 0. The predicted molar refractivity (Wildman–Crippen MR) is 83.4 cm³/mol. The number of fused-ring (bicyclic) bond motifs is 1. The van der Waals surface area contributed by atoms with E-state index in [4.69, 9.17) is 0 Å². The Balaban J connectivity index is 1.72. The summed E-state index contributed by atoms with van der Waals surface area (Å²) in [6, 6.07) is 3.34. The molecule has 0 fully saturated rings. The lowest BCUT2D eigenvalue weighted by Crippen LogP contribution is -2.50. The summed E-state index contributed by atoms with van der Waals surface area (Å²) in [4.78, 5) is 13.9. The minimum atomic E-state index is -3.63. The molecule has 1 aliphatic rings. The third-order valence-electron chi connectivity index (χ3n) is 4.08. The second-order valence-corrected chi connectivity index (χ2v) is 7.27. The van der Waals surface area contributed by atoms with Crippen molar-refractivity contribution in [3.05, 3.63) is 36.4 Å². The van der Waals surface area contributed by atoms with Gasteiger partial charge in [0.25, 0.3) is 5.91 Å². The largest absolute Gasteiger partial charge is 0.341 e. The SMILES string of the molecule is CCn1cc(S(=O)(=O)NCC2Cn3cccc3C(=O)N2C)cn1. The minimum Gasteiger partial charge on any atom is -0.341 e. The number of rotatable bonds is 5. The van der Waals surface area contributed by atoms with Crippen molar-refractivity contribution in [2.24, 2.45) is 0 Å². The molecule has 1 atom stereocenters. The van der Waals surface area contributed by atoms with Gasteiger partial charge in [0.15, 0.2) is 0 Å². The van der Waals surface area contributed by atoms with E-state index in [-0.39, 0.29) is 23.4 Å². The Morgan fingerprint density at radius 3 is 2.91 bits per heavy atom. The number of hydrogen-bond donors (Lipinski definition) is 1. The van der Waals surface area contributed by atoms with Gasteiger partial charge in [-0.2, -0.15) is 5.10 Å². The molecule has 1 aliphatic heterocycles. The fourth-order valence-electron chi connectivity index (χ4n) is 2.61. The maximum atomic E-state index is 12.3. The molecule has 3 rings (SSSR count). The molecule has 1 N–H and O–H groups in total. The first-order valence-corrected chi connectivity index (χ1v) is 8.85. The molecule has 0 saturated carbocycles. The molecular formula is C14H19N5O3S. The highest BCUT2D eigenvalue weighted by atomic mass is 32.2. The number of nitrogens with one attached hydrogen (secondary N) is 1. The van der Waals surface area contributed by atoms with Gasteiger partial charge in [0.1, 0.15) is 10.6 Å². The summed E-state index contributed by atoms with van der Waals surface area (Å²) in [6.07, 6.45) is 4.64. The van der Waals surface area contributed by atoms with E-state index in [9.17, 15) is 13.2 Å². The predicted octanol–water partition coefficient (Wildman–Crippen LogP) is 0.137. The van der Waals surface area contributed by atoms with E-state index in [0.717, 1.165) is 0 Å². The van der Waals surface area contributed by atoms with E-state index in [1.807, 2.05) is 23.8 Å². The summed E-state index contributed by atoms with van der Waals surface area (Å²) in [5.74, 6) is -0.107. The Morgan fingerprint density at radius 2 is 2.22 bits per heavy atom. The van der Waals surface area contributed by atoms with Gasteiger partial charge in [0.05, 0.1) is 12.2 Å². The van der Waals surface area contributed by atoms with Crippen molar-refractivity contribution in [3.63, 3.8) is 0 Å². The molecule has 0 spiro atoms. The molecule has 0 radical (unpaired) electrons. The van der Waals surface area contributed by atoms with Gasteiger partial charge in [-0.05, 0) is 19.1 Å². The monoisotopic (exact) mass is 337 g/mol. The highest BCUT2D eigenvalue weighted by Gasteiger charge is 2.30. The van der Waals surface area contributed by atoms with Crippen LogP contribution in [0.25, 0.3) is 0 Å². The number of carbonyl (C=O) groups is 1. The van der Waals surface area contributed by atoms with Crippen molar-refractivity contribution in [1.82, 2.24) is 24.0 Å². The van der Waals surface area contributed by atoms with Crippen molar-refractivity contribution in [2.45, 2.75) is 31.0 Å². The van der Waals surface area contributed by atoms with Gasteiger partial charge in [0.2, 0.25) is 10.0 Å². The van der Waals surface area contributed by atoms with E-state index in [2.05, 4.69) is 9.82 Å². The second-order valence-electron chi connectivity index (χ2n) is 5.50. The van der Waals surface area contributed by atoms with E-state index < -0.39 is 10.0 Å². The van der Waals surface area contributed by atoms with Gasteiger partial charge in [-0.25, -0.2) is 13.1 Å². The van der Waals surface area contributed by atoms with Crippen molar-refractivity contribution in [3.8, 4) is 0 Å². The fraction of sp³-hybridized carbons (Fsp3) is 0.429. The lowest BCUT2D eigenvalue weighted by Gasteiger charge is -2.33. The molecule has 0 saturated heterocycles. The van der Waals surface area contributed by atoms with Crippen molar-refractivity contribution >= 4 is 15.9 Å². The highest BCUT2D eigenvalue weighted by Crippen LogP contribution is 2.17. The number of likely N-dealkylation sites (N-methyl/N-ethyl adjacent to an activating group) is 1. The molecule has 1 unspecified atom stereocenters. The topological polar surface area (TPSA) is 89.2 Å². The van der Waals surface area contributed by atoms with Crippen molar-refractivity contribution < 1.29 is 13.2 Å². The molecule has 124 valence electrons. The molecule has 2 aromatic heterocycles. The number of amides is 1. The third kappa shape index (κ3) is 2.89. The molecular weight excluding hydrogens is 318 g/mol. The number of aryl methyl sites for hydroxylation is 1. The van der Waals surface area contributed by atoms with Crippen LogP contribution in [-0.2, 0) is 23.1 Å². The maximum Gasteiger partial charge on any atom is 0.270 e. The quantitative estimate of drug-likeness (QED) is 0.840.